The van der Waals surface area contributed by atoms with Crippen molar-refractivity contribution >= 4 is 34.8 Å². The summed E-state index contributed by atoms with van der Waals surface area (Å²) >= 11 is 16.8. The molecule has 0 radical (unpaired) electrons. The molecule has 0 N–H and O–H groups in total. The molecule has 2 rings (SSSR count). The van der Waals surface area contributed by atoms with Crippen LogP contribution in [0.2, 0.25) is 15.1 Å². The summed E-state index contributed by atoms with van der Waals surface area (Å²) in [6.45, 7) is 0. The van der Waals surface area contributed by atoms with E-state index in [9.17, 15) is 4.39 Å². The first-order valence-electron chi connectivity index (χ1n) is 4.41. The van der Waals surface area contributed by atoms with E-state index in [2.05, 4.69) is 0 Å². The Labute approximate surface area is 109 Å². The summed E-state index contributed by atoms with van der Waals surface area (Å²) in [5.74, 6) is -0.178. The van der Waals surface area contributed by atoms with Gasteiger partial charge in [0, 0.05) is 0 Å². The van der Waals surface area contributed by atoms with Crippen LogP contribution < -0.4 is 0 Å². The molecule has 0 unspecified atom stereocenters. The van der Waals surface area contributed by atoms with Gasteiger partial charge in [-0.05, 0) is 24.3 Å². The van der Waals surface area contributed by atoms with Gasteiger partial charge in [0.2, 0.25) is 0 Å². The lowest BCUT2D eigenvalue weighted by Gasteiger charge is -1.94. The molecule has 0 heterocycles. The van der Waals surface area contributed by atoms with E-state index >= 15 is 0 Å². The molecule has 0 nitrogen and oxygen atoms in total. The molecule has 84 valence electrons. The smallest absolute Gasteiger partial charge is 0.123 e. The van der Waals surface area contributed by atoms with E-state index in [1.807, 2.05) is 0 Å². The number of hydrogen-bond donors (Lipinski definition) is 0. The molecule has 0 aliphatic heterocycles. The zero-order valence-electron chi connectivity index (χ0n) is 8.13. The van der Waals surface area contributed by atoms with Gasteiger partial charge in [-0.25, -0.2) is 4.39 Å². The monoisotopic (exact) mass is 276 g/mol. The van der Waals surface area contributed by atoms with Crippen molar-refractivity contribution in [1.29, 1.82) is 0 Å². The van der Waals surface area contributed by atoms with Crippen LogP contribution in [0, 0.1) is 5.82 Å². The van der Waals surface area contributed by atoms with E-state index in [1.54, 1.807) is 36.4 Å². The highest BCUT2D eigenvalue weighted by Gasteiger charge is 1.98. The molecule has 0 amide bonds. The lowest BCUT2D eigenvalue weighted by atomic mass is 10.4. The molecular weight excluding hydrogens is 269 g/mol. The molecule has 0 spiro atoms. The molecule has 0 saturated carbocycles. The van der Waals surface area contributed by atoms with Crippen LogP contribution in [0.5, 0.6) is 0 Å². The van der Waals surface area contributed by atoms with Crippen LogP contribution >= 0.6 is 34.8 Å². The van der Waals surface area contributed by atoms with Crippen LogP contribution in [0.25, 0.3) is 0 Å². The maximum absolute atomic E-state index is 11.9. The van der Waals surface area contributed by atoms with Crippen molar-refractivity contribution in [1.82, 2.24) is 0 Å². The third-order valence-corrected chi connectivity index (χ3v) is 2.87. The lowest BCUT2D eigenvalue weighted by molar-refractivity contribution is 0.628. The molecule has 4 heteroatoms. The first-order valence-corrected chi connectivity index (χ1v) is 5.54. The predicted molar refractivity (Wildman–Crippen MR) is 67.9 cm³/mol. The zero-order valence-corrected chi connectivity index (χ0v) is 10.4. The Morgan fingerprint density at radius 3 is 1.50 bits per heavy atom. The highest BCUT2D eigenvalue weighted by Crippen LogP contribution is 2.28. The normalized spacial score (nSPS) is 9.25. The minimum absolute atomic E-state index is 0.178. The molecule has 0 bridgehead atoms. The average Bonchev–Trinajstić information content (AvgIpc) is 2.28. The largest absolute Gasteiger partial charge is 0.207 e. The Bertz CT molecular complexity index is 423. The van der Waals surface area contributed by atoms with Crippen molar-refractivity contribution in [3.63, 3.8) is 0 Å². The second-order valence-electron chi connectivity index (χ2n) is 2.83. The molecule has 0 atom stereocenters. The molecule has 0 fully saturated rings. The summed E-state index contributed by atoms with van der Waals surface area (Å²) in [5, 5.41) is 1.40. The van der Waals surface area contributed by atoms with Crippen molar-refractivity contribution < 1.29 is 4.39 Å². The van der Waals surface area contributed by atoms with E-state index in [0.717, 1.165) is 0 Å². The van der Waals surface area contributed by atoms with Crippen LogP contribution in [0.4, 0.5) is 4.39 Å². The standard InChI is InChI=1S/C6H3Cl3.C6H5F/c7-4-2-1-3-5(8)6(4)9;7-6-4-2-1-3-5-6/h1-3H;1-5H. The molecule has 2 aromatic carbocycles. The topological polar surface area (TPSA) is 0 Å². The van der Waals surface area contributed by atoms with Gasteiger partial charge in [-0.15, -0.1) is 0 Å². The molecule has 0 saturated heterocycles. The molecule has 0 aliphatic carbocycles. The average molecular weight is 278 g/mol. The zero-order chi connectivity index (χ0) is 12.0. The van der Waals surface area contributed by atoms with E-state index in [1.165, 1.54) is 12.1 Å². The summed E-state index contributed by atoms with van der Waals surface area (Å²) in [6.07, 6.45) is 0. The van der Waals surface area contributed by atoms with E-state index in [0.29, 0.717) is 15.1 Å². The second kappa shape index (κ2) is 6.74. The predicted octanol–water partition coefficient (Wildman–Crippen LogP) is 5.47. The lowest BCUT2D eigenvalue weighted by Crippen LogP contribution is -1.67. The van der Waals surface area contributed by atoms with Crippen LogP contribution in [0.1, 0.15) is 0 Å². The third kappa shape index (κ3) is 4.40. The van der Waals surface area contributed by atoms with E-state index in [-0.39, 0.29) is 5.82 Å². The Kier molecular flexibility index (Phi) is 5.61. The minimum Gasteiger partial charge on any atom is -0.207 e. The van der Waals surface area contributed by atoms with Gasteiger partial charge in [0.05, 0.1) is 15.1 Å². The third-order valence-electron chi connectivity index (χ3n) is 1.64. The van der Waals surface area contributed by atoms with E-state index < -0.39 is 0 Å². The van der Waals surface area contributed by atoms with Crippen molar-refractivity contribution in [3.05, 3.63) is 69.4 Å². The van der Waals surface area contributed by atoms with Gasteiger partial charge < -0.3 is 0 Å². The quantitative estimate of drug-likeness (QED) is 0.560. The van der Waals surface area contributed by atoms with Crippen LogP contribution in [0.3, 0.4) is 0 Å². The SMILES string of the molecule is Clc1cccc(Cl)c1Cl.Fc1ccccc1. The first-order chi connectivity index (χ1) is 7.61. The van der Waals surface area contributed by atoms with Gasteiger partial charge in [-0.1, -0.05) is 59.1 Å². The van der Waals surface area contributed by atoms with Crippen molar-refractivity contribution in [2.24, 2.45) is 0 Å². The van der Waals surface area contributed by atoms with Crippen LogP contribution in [-0.4, -0.2) is 0 Å². The van der Waals surface area contributed by atoms with Gasteiger partial charge >= 0.3 is 0 Å². The summed E-state index contributed by atoms with van der Waals surface area (Å²) in [4.78, 5) is 0. The van der Waals surface area contributed by atoms with Gasteiger partial charge in [-0.2, -0.15) is 0 Å². The second-order valence-corrected chi connectivity index (χ2v) is 4.02. The fraction of sp³-hybridized carbons (Fsp3) is 0. The summed E-state index contributed by atoms with van der Waals surface area (Å²) in [5.41, 5.74) is 0. The van der Waals surface area contributed by atoms with E-state index in [4.69, 9.17) is 34.8 Å². The Morgan fingerprint density at radius 2 is 1.19 bits per heavy atom. The maximum Gasteiger partial charge on any atom is 0.123 e. The first kappa shape index (κ1) is 13.3. The molecule has 0 aliphatic rings. The highest BCUT2D eigenvalue weighted by molar-refractivity contribution is 6.47. The Hall–Kier alpha value is -0.760. The molecular formula is C12H8Cl3F. The van der Waals surface area contributed by atoms with Gasteiger partial charge in [-0.3, -0.25) is 0 Å². The summed E-state index contributed by atoms with van der Waals surface area (Å²) in [6, 6.07) is 13.1. The van der Waals surface area contributed by atoms with Gasteiger partial charge in [0.1, 0.15) is 5.82 Å². The number of halogens is 4. The number of rotatable bonds is 0. The van der Waals surface area contributed by atoms with Gasteiger partial charge in [0.25, 0.3) is 0 Å². The minimum atomic E-state index is -0.178. The maximum atomic E-state index is 11.9. The molecule has 2 aromatic rings. The van der Waals surface area contributed by atoms with Gasteiger partial charge in [0.15, 0.2) is 0 Å². The van der Waals surface area contributed by atoms with Crippen molar-refractivity contribution in [2.75, 3.05) is 0 Å². The number of hydrogen-bond acceptors (Lipinski definition) is 0. The molecule has 0 aromatic heterocycles. The van der Waals surface area contributed by atoms with Crippen molar-refractivity contribution in [2.45, 2.75) is 0 Å². The number of benzene rings is 2. The fourth-order valence-corrected chi connectivity index (χ4v) is 1.42. The van der Waals surface area contributed by atoms with Crippen LogP contribution in [0.15, 0.2) is 48.5 Å². The fourth-order valence-electron chi connectivity index (χ4n) is 0.892. The molecule has 16 heavy (non-hydrogen) atoms. The summed E-state index contributed by atoms with van der Waals surface area (Å²) < 4.78 is 11.9. The van der Waals surface area contributed by atoms with Crippen molar-refractivity contribution in [3.8, 4) is 0 Å². The van der Waals surface area contributed by atoms with Crippen LogP contribution in [-0.2, 0) is 0 Å². The summed E-state index contributed by atoms with van der Waals surface area (Å²) in [7, 11) is 0. The Morgan fingerprint density at radius 1 is 0.688 bits per heavy atom. The Balaban J connectivity index is 0.000000165. The highest BCUT2D eigenvalue weighted by atomic mass is 35.5.